The van der Waals surface area contributed by atoms with Gasteiger partial charge in [0.2, 0.25) is 5.88 Å². The number of hydrogen-bond acceptors (Lipinski definition) is 6. The fourth-order valence-corrected chi connectivity index (χ4v) is 3.07. The van der Waals surface area contributed by atoms with E-state index >= 15 is 0 Å². The molecule has 0 bridgehead atoms. The summed E-state index contributed by atoms with van der Waals surface area (Å²) in [7, 11) is 0. The quantitative estimate of drug-likeness (QED) is 0.435. The number of rotatable bonds is 8. The summed E-state index contributed by atoms with van der Waals surface area (Å²) in [5.74, 6) is 0.686. The van der Waals surface area contributed by atoms with Crippen LogP contribution in [0, 0.1) is 5.82 Å². The Morgan fingerprint density at radius 2 is 1.78 bits per heavy atom. The predicted molar refractivity (Wildman–Crippen MR) is 117 cm³/mol. The van der Waals surface area contributed by atoms with Crippen LogP contribution in [0.3, 0.4) is 0 Å². The van der Waals surface area contributed by atoms with Crippen LogP contribution in [0.2, 0.25) is 0 Å². The first kappa shape index (κ1) is 21.2. The lowest BCUT2D eigenvalue weighted by molar-refractivity contribution is 0.0951. The molecule has 2 aromatic heterocycles. The number of hydrogen-bond donors (Lipinski definition) is 1. The summed E-state index contributed by atoms with van der Waals surface area (Å²) in [5.41, 5.74) is 1.43. The van der Waals surface area contributed by atoms with Crippen molar-refractivity contribution in [1.29, 1.82) is 0 Å². The van der Waals surface area contributed by atoms with E-state index < -0.39 is 11.7 Å². The molecule has 1 N–H and O–H groups in total. The Hall–Kier alpha value is -4.07. The molecule has 0 aliphatic carbocycles. The topological polar surface area (TPSA) is 86.2 Å². The molecular weight excluding hydrogens is 411 g/mol. The number of benzene rings is 2. The first-order valence-electron chi connectivity index (χ1n) is 10.2. The lowest BCUT2D eigenvalue weighted by atomic mass is 10.1. The lowest BCUT2D eigenvalue weighted by Gasteiger charge is -2.12. The van der Waals surface area contributed by atoms with Crippen LogP contribution in [0.25, 0.3) is 11.0 Å². The Kier molecular flexibility index (Phi) is 6.50. The van der Waals surface area contributed by atoms with Gasteiger partial charge in [0, 0.05) is 36.8 Å². The molecule has 162 valence electrons. The van der Waals surface area contributed by atoms with E-state index in [2.05, 4.69) is 20.3 Å². The summed E-state index contributed by atoms with van der Waals surface area (Å²) < 4.78 is 25.4. The Morgan fingerprint density at radius 3 is 2.59 bits per heavy atom. The van der Waals surface area contributed by atoms with Crippen LogP contribution >= 0.6 is 0 Å². The van der Waals surface area contributed by atoms with Crippen LogP contribution in [0.5, 0.6) is 17.4 Å². The zero-order chi connectivity index (χ0) is 22.3. The molecule has 0 atom stereocenters. The monoisotopic (exact) mass is 432 g/mol. The molecule has 1 amide bonds. The summed E-state index contributed by atoms with van der Waals surface area (Å²) in [6, 6.07) is 13.2. The molecule has 2 heterocycles. The Morgan fingerprint density at radius 1 is 1.00 bits per heavy atom. The highest BCUT2D eigenvalue weighted by atomic mass is 19.1. The van der Waals surface area contributed by atoms with Gasteiger partial charge in [0.1, 0.15) is 22.8 Å². The van der Waals surface area contributed by atoms with Crippen LogP contribution in [0.1, 0.15) is 29.3 Å². The first-order valence-corrected chi connectivity index (χ1v) is 10.2. The minimum Gasteiger partial charge on any atom is -0.494 e. The summed E-state index contributed by atoms with van der Waals surface area (Å²) in [5, 5.41) is 2.78. The fraction of sp³-hybridized carbons (Fsp3) is 0.167. The molecule has 0 radical (unpaired) electrons. The van der Waals surface area contributed by atoms with Crippen LogP contribution in [-0.4, -0.2) is 27.5 Å². The molecule has 0 aliphatic heterocycles. The Labute approximate surface area is 184 Å². The average Bonchev–Trinajstić information content (AvgIpc) is 2.82. The number of carbonyl (C=O) groups excluding carboxylic acids is 1. The highest BCUT2D eigenvalue weighted by molar-refractivity contribution is 6.04. The van der Waals surface area contributed by atoms with Crippen molar-refractivity contribution in [2.75, 3.05) is 6.61 Å². The molecule has 0 unspecified atom stereocenters. The van der Waals surface area contributed by atoms with E-state index in [1.807, 2.05) is 19.1 Å². The third-order valence-electron chi connectivity index (χ3n) is 4.58. The van der Waals surface area contributed by atoms with Crippen LogP contribution < -0.4 is 14.8 Å². The number of ether oxygens (including phenoxy) is 2. The second-order valence-electron chi connectivity index (χ2n) is 6.95. The molecule has 0 saturated heterocycles. The van der Waals surface area contributed by atoms with Crippen molar-refractivity contribution >= 4 is 16.9 Å². The van der Waals surface area contributed by atoms with Crippen molar-refractivity contribution in [3.05, 3.63) is 84.1 Å². The zero-order valence-electron chi connectivity index (χ0n) is 17.4. The maximum Gasteiger partial charge on any atom is 0.253 e. The van der Waals surface area contributed by atoms with Crippen molar-refractivity contribution in [3.63, 3.8) is 0 Å². The molecule has 7 nitrogen and oxygen atoms in total. The van der Waals surface area contributed by atoms with E-state index in [0.717, 1.165) is 18.2 Å². The molecule has 0 saturated carbocycles. The van der Waals surface area contributed by atoms with Crippen molar-refractivity contribution < 1.29 is 18.7 Å². The number of halogens is 1. The maximum atomic E-state index is 13.9. The third kappa shape index (κ3) is 4.97. The number of carbonyl (C=O) groups is 1. The SMILES string of the molecule is CCCOc1ccc(Oc2ncccc2CNC(=O)c2cc(F)cc3nccnc23)cc1. The molecule has 8 heteroatoms. The van der Waals surface area contributed by atoms with E-state index in [4.69, 9.17) is 9.47 Å². The standard InChI is InChI=1S/C24H21FN4O3/c1-2-12-31-18-5-7-19(8-6-18)32-24-16(4-3-9-28-24)15-29-23(30)20-13-17(25)14-21-22(20)27-11-10-26-21/h3-11,13-14H,2,12,15H2,1H3,(H,29,30). The molecule has 4 aromatic rings. The zero-order valence-corrected chi connectivity index (χ0v) is 17.4. The molecule has 2 aromatic carbocycles. The van der Waals surface area contributed by atoms with Crippen LogP contribution in [0.4, 0.5) is 4.39 Å². The summed E-state index contributed by atoms with van der Waals surface area (Å²) in [6.07, 6.45) is 5.45. The number of amides is 1. The van der Waals surface area contributed by atoms with Crippen LogP contribution in [0.15, 0.2) is 67.1 Å². The smallest absolute Gasteiger partial charge is 0.253 e. The maximum absolute atomic E-state index is 13.9. The van der Waals surface area contributed by atoms with E-state index in [1.165, 1.54) is 18.5 Å². The number of pyridine rings is 1. The summed E-state index contributed by atoms with van der Waals surface area (Å²) in [4.78, 5) is 25.3. The second kappa shape index (κ2) is 9.82. The Bertz CT molecular complexity index is 1230. The lowest BCUT2D eigenvalue weighted by Crippen LogP contribution is -2.24. The van der Waals surface area contributed by atoms with Gasteiger partial charge in [0.25, 0.3) is 5.91 Å². The van der Waals surface area contributed by atoms with Gasteiger partial charge in [-0.1, -0.05) is 13.0 Å². The van der Waals surface area contributed by atoms with Crippen molar-refractivity contribution in [3.8, 4) is 17.4 Å². The van der Waals surface area contributed by atoms with Crippen molar-refractivity contribution in [2.24, 2.45) is 0 Å². The number of aromatic nitrogens is 3. The van der Waals surface area contributed by atoms with Gasteiger partial charge >= 0.3 is 0 Å². The van der Waals surface area contributed by atoms with Crippen molar-refractivity contribution in [1.82, 2.24) is 20.3 Å². The summed E-state index contributed by atoms with van der Waals surface area (Å²) in [6.45, 7) is 2.83. The average molecular weight is 432 g/mol. The van der Waals surface area contributed by atoms with Gasteiger partial charge < -0.3 is 14.8 Å². The van der Waals surface area contributed by atoms with E-state index in [-0.39, 0.29) is 12.1 Å². The van der Waals surface area contributed by atoms with Gasteiger partial charge in [-0.25, -0.2) is 9.37 Å². The van der Waals surface area contributed by atoms with Gasteiger partial charge in [0.15, 0.2) is 0 Å². The van der Waals surface area contributed by atoms with Gasteiger partial charge in [-0.15, -0.1) is 0 Å². The summed E-state index contributed by atoms with van der Waals surface area (Å²) >= 11 is 0. The molecule has 0 fully saturated rings. The highest BCUT2D eigenvalue weighted by Crippen LogP contribution is 2.25. The minimum atomic E-state index is -0.556. The van der Waals surface area contributed by atoms with Gasteiger partial charge in [-0.05, 0) is 42.8 Å². The molecule has 32 heavy (non-hydrogen) atoms. The molecular formula is C24H21FN4O3. The third-order valence-corrected chi connectivity index (χ3v) is 4.58. The minimum absolute atomic E-state index is 0.113. The number of nitrogens with one attached hydrogen (secondary N) is 1. The van der Waals surface area contributed by atoms with E-state index in [1.54, 1.807) is 30.5 Å². The van der Waals surface area contributed by atoms with Crippen molar-refractivity contribution in [2.45, 2.75) is 19.9 Å². The van der Waals surface area contributed by atoms with Crippen LogP contribution in [-0.2, 0) is 6.54 Å². The molecule has 0 spiro atoms. The van der Waals surface area contributed by atoms with E-state index in [0.29, 0.717) is 34.8 Å². The largest absolute Gasteiger partial charge is 0.494 e. The van der Waals surface area contributed by atoms with Gasteiger partial charge in [-0.2, -0.15) is 0 Å². The fourth-order valence-electron chi connectivity index (χ4n) is 3.07. The molecule has 4 rings (SSSR count). The number of fused-ring (bicyclic) bond motifs is 1. The number of nitrogens with zero attached hydrogens (tertiary/aromatic N) is 3. The first-order chi connectivity index (χ1) is 15.6. The normalized spacial score (nSPS) is 10.7. The van der Waals surface area contributed by atoms with E-state index in [9.17, 15) is 9.18 Å². The second-order valence-corrected chi connectivity index (χ2v) is 6.95. The highest BCUT2D eigenvalue weighted by Gasteiger charge is 2.15. The van der Waals surface area contributed by atoms with Gasteiger partial charge in [0.05, 0.1) is 17.7 Å². The molecule has 0 aliphatic rings. The van der Waals surface area contributed by atoms with Gasteiger partial charge in [-0.3, -0.25) is 14.8 Å². The predicted octanol–water partition coefficient (Wildman–Crippen LogP) is 4.68. The Balaban J connectivity index is 1.48.